The fourth-order valence-electron chi connectivity index (χ4n) is 2.46. The monoisotopic (exact) mass is 288 g/mol. The molecule has 1 amide bonds. The SMILES string of the molecule is CC(C)N(CC1CC1)C(=O)c1sc2ccccc2c1N. The Bertz CT molecular complexity index is 643. The van der Waals surface area contributed by atoms with Crippen molar-refractivity contribution in [1.82, 2.24) is 4.90 Å². The highest BCUT2D eigenvalue weighted by atomic mass is 32.1. The van der Waals surface area contributed by atoms with Crippen molar-refractivity contribution in [3.8, 4) is 0 Å². The molecule has 20 heavy (non-hydrogen) atoms. The van der Waals surface area contributed by atoms with Crippen LogP contribution in [0.3, 0.4) is 0 Å². The topological polar surface area (TPSA) is 46.3 Å². The van der Waals surface area contributed by atoms with Crippen molar-refractivity contribution in [2.24, 2.45) is 5.92 Å². The summed E-state index contributed by atoms with van der Waals surface area (Å²) in [4.78, 5) is 15.5. The van der Waals surface area contributed by atoms with Gasteiger partial charge in [-0.05, 0) is 38.7 Å². The predicted molar refractivity (Wildman–Crippen MR) is 85.1 cm³/mol. The molecule has 0 saturated heterocycles. The van der Waals surface area contributed by atoms with Gasteiger partial charge in [-0.25, -0.2) is 0 Å². The second-order valence-corrected chi connectivity index (χ2v) is 6.89. The zero-order valence-corrected chi connectivity index (χ0v) is 12.7. The molecule has 2 N–H and O–H groups in total. The molecule has 2 aromatic rings. The van der Waals surface area contributed by atoms with Gasteiger partial charge in [-0.3, -0.25) is 4.79 Å². The molecule has 1 aliphatic rings. The summed E-state index contributed by atoms with van der Waals surface area (Å²) in [6, 6.07) is 8.17. The highest BCUT2D eigenvalue weighted by molar-refractivity contribution is 7.21. The molecule has 1 aromatic carbocycles. The van der Waals surface area contributed by atoms with Crippen LogP contribution in [0.1, 0.15) is 36.4 Å². The van der Waals surface area contributed by atoms with Gasteiger partial charge in [0.25, 0.3) is 5.91 Å². The van der Waals surface area contributed by atoms with Crippen molar-refractivity contribution < 1.29 is 4.79 Å². The highest BCUT2D eigenvalue weighted by Crippen LogP contribution is 2.36. The van der Waals surface area contributed by atoms with Gasteiger partial charge in [0.05, 0.1) is 5.69 Å². The molecule has 1 saturated carbocycles. The molecular formula is C16H20N2OS. The smallest absolute Gasteiger partial charge is 0.266 e. The van der Waals surface area contributed by atoms with Gasteiger partial charge in [0.2, 0.25) is 0 Å². The van der Waals surface area contributed by atoms with Crippen LogP contribution < -0.4 is 5.73 Å². The Balaban J connectivity index is 1.95. The minimum atomic E-state index is 0.0885. The number of rotatable bonds is 4. The van der Waals surface area contributed by atoms with E-state index in [1.165, 1.54) is 24.2 Å². The van der Waals surface area contributed by atoms with Crippen LogP contribution in [0, 0.1) is 5.92 Å². The van der Waals surface area contributed by atoms with Gasteiger partial charge in [0.15, 0.2) is 0 Å². The number of fused-ring (bicyclic) bond motifs is 1. The molecule has 0 bridgehead atoms. The molecule has 3 rings (SSSR count). The van der Waals surface area contributed by atoms with Crippen molar-refractivity contribution in [2.75, 3.05) is 12.3 Å². The van der Waals surface area contributed by atoms with Gasteiger partial charge >= 0.3 is 0 Å². The molecule has 3 nitrogen and oxygen atoms in total. The fraction of sp³-hybridized carbons (Fsp3) is 0.438. The van der Waals surface area contributed by atoms with Crippen molar-refractivity contribution in [3.05, 3.63) is 29.1 Å². The summed E-state index contributed by atoms with van der Waals surface area (Å²) in [7, 11) is 0. The van der Waals surface area contributed by atoms with E-state index in [-0.39, 0.29) is 11.9 Å². The maximum Gasteiger partial charge on any atom is 0.266 e. The second-order valence-electron chi connectivity index (χ2n) is 5.84. The molecule has 0 atom stereocenters. The standard InChI is InChI=1S/C16H20N2OS/c1-10(2)18(9-11-7-8-11)16(19)15-14(17)12-5-3-4-6-13(12)20-15/h3-6,10-11H,7-9,17H2,1-2H3. The third-order valence-corrected chi connectivity index (χ3v) is 5.04. The van der Waals surface area contributed by atoms with E-state index in [0.29, 0.717) is 16.5 Å². The Morgan fingerprint density at radius 3 is 2.70 bits per heavy atom. The maximum atomic E-state index is 12.8. The molecule has 0 radical (unpaired) electrons. The Kier molecular flexibility index (Phi) is 3.42. The first-order chi connectivity index (χ1) is 9.58. The van der Waals surface area contributed by atoms with E-state index in [1.807, 2.05) is 29.2 Å². The lowest BCUT2D eigenvalue weighted by molar-refractivity contribution is 0.0702. The lowest BCUT2D eigenvalue weighted by atomic mass is 10.2. The number of thiophene rings is 1. The van der Waals surface area contributed by atoms with Gasteiger partial charge in [0, 0.05) is 22.7 Å². The van der Waals surface area contributed by atoms with Crippen LogP contribution in [0.2, 0.25) is 0 Å². The number of benzene rings is 1. The van der Waals surface area contributed by atoms with E-state index in [9.17, 15) is 4.79 Å². The lowest BCUT2D eigenvalue weighted by Gasteiger charge is -2.26. The molecular weight excluding hydrogens is 268 g/mol. The van der Waals surface area contributed by atoms with Crippen molar-refractivity contribution >= 4 is 33.0 Å². The molecule has 106 valence electrons. The van der Waals surface area contributed by atoms with Crippen molar-refractivity contribution in [3.63, 3.8) is 0 Å². The van der Waals surface area contributed by atoms with E-state index >= 15 is 0 Å². The Hall–Kier alpha value is -1.55. The first-order valence-corrected chi connectivity index (χ1v) is 7.97. The number of carbonyl (C=O) groups excluding carboxylic acids is 1. The fourth-order valence-corrected chi connectivity index (χ4v) is 3.54. The average Bonchev–Trinajstić information content (AvgIpc) is 3.19. The molecule has 1 aliphatic carbocycles. The summed E-state index contributed by atoms with van der Waals surface area (Å²) < 4.78 is 1.09. The number of nitrogens with two attached hydrogens (primary N) is 1. The number of carbonyl (C=O) groups is 1. The van der Waals surface area contributed by atoms with Gasteiger partial charge < -0.3 is 10.6 Å². The molecule has 1 heterocycles. The Labute approximate surface area is 123 Å². The van der Waals surface area contributed by atoms with Crippen LogP contribution in [0.15, 0.2) is 24.3 Å². The normalized spacial score (nSPS) is 14.9. The number of nitrogens with zero attached hydrogens (tertiary/aromatic N) is 1. The zero-order chi connectivity index (χ0) is 14.3. The molecule has 0 spiro atoms. The summed E-state index contributed by atoms with van der Waals surface area (Å²) in [6.07, 6.45) is 2.50. The lowest BCUT2D eigenvalue weighted by Crippen LogP contribution is -2.38. The van der Waals surface area contributed by atoms with Crippen LogP contribution in [-0.2, 0) is 0 Å². The van der Waals surface area contributed by atoms with E-state index in [2.05, 4.69) is 13.8 Å². The van der Waals surface area contributed by atoms with Crippen molar-refractivity contribution in [1.29, 1.82) is 0 Å². The molecule has 4 heteroatoms. The maximum absolute atomic E-state index is 12.8. The van der Waals surface area contributed by atoms with Gasteiger partial charge in [-0.15, -0.1) is 11.3 Å². The summed E-state index contributed by atoms with van der Waals surface area (Å²) in [5.74, 6) is 0.780. The predicted octanol–water partition coefficient (Wildman–Crippen LogP) is 3.74. The van der Waals surface area contributed by atoms with E-state index in [0.717, 1.165) is 16.6 Å². The van der Waals surface area contributed by atoms with Crippen LogP contribution in [0.25, 0.3) is 10.1 Å². The summed E-state index contributed by atoms with van der Waals surface area (Å²) >= 11 is 1.51. The molecule has 1 fully saturated rings. The van der Waals surface area contributed by atoms with Crippen LogP contribution in [0.4, 0.5) is 5.69 Å². The number of amides is 1. The molecule has 1 aromatic heterocycles. The largest absolute Gasteiger partial charge is 0.397 e. The first-order valence-electron chi connectivity index (χ1n) is 7.16. The van der Waals surface area contributed by atoms with E-state index in [1.54, 1.807) is 0 Å². The van der Waals surface area contributed by atoms with Gasteiger partial charge in [0.1, 0.15) is 4.88 Å². The number of hydrogen-bond acceptors (Lipinski definition) is 3. The Morgan fingerprint density at radius 2 is 2.10 bits per heavy atom. The van der Waals surface area contributed by atoms with E-state index in [4.69, 9.17) is 5.73 Å². The average molecular weight is 288 g/mol. The van der Waals surface area contributed by atoms with Crippen LogP contribution in [-0.4, -0.2) is 23.4 Å². The van der Waals surface area contributed by atoms with Crippen molar-refractivity contribution in [2.45, 2.75) is 32.7 Å². The molecule has 0 aliphatic heterocycles. The number of nitrogen functional groups attached to an aromatic ring is 1. The molecule has 0 unspecified atom stereocenters. The number of hydrogen-bond donors (Lipinski definition) is 1. The summed E-state index contributed by atoms with van der Waals surface area (Å²) in [5, 5.41) is 0.996. The first kappa shape index (κ1) is 13.4. The van der Waals surface area contributed by atoms with Gasteiger partial charge in [-0.1, -0.05) is 18.2 Å². The minimum Gasteiger partial charge on any atom is -0.397 e. The quantitative estimate of drug-likeness (QED) is 0.931. The Morgan fingerprint density at radius 1 is 1.40 bits per heavy atom. The third-order valence-electron chi connectivity index (χ3n) is 3.86. The van der Waals surface area contributed by atoms with Crippen LogP contribution in [0.5, 0.6) is 0 Å². The minimum absolute atomic E-state index is 0.0885. The number of anilines is 1. The van der Waals surface area contributed by atoms with E-state index < -0.39 is 0 Å². The second kappa shape index (κ2) is 5.09. The zero-order valence-electron chi connectivity index (χ0n) is 11.9. The van der Waals surface area contributed by atoms with Crippen LogP contribution >= 0.6 is 11.3 Å². The van der Waals surface area contributed by atoms with Gasteiger partial charge in [-0.2, -0.15) is 0 Å². The highest BCUT2D eigenvalue weighted by Gasteiger charge is 2.30. The summed E-state index contributed by atoms with van der Waals surface area (Å²) in [5.41, 5.74) is 6.82. The summed E-state index contributed by atoms with van der Waals surface area (Å²) in [6.45, 7) is 5.01. The third kappa shape index (κ3) is 2.40.